The number of Topliss-reactive ketones (excluding diaryl/α,β-unsaturated/α-hetero) is 2. The van der Waals surface area contributed by atoms with Crippen LogP contribution in [0, 0.1) is 0 Å². The summed E-state index contributed by atoms with van der Waals surface area (Å²) in [5.74, 6) is -0.359. The largest absolute Gasteiger partial charge is 0.368 e. The Morgan fingerprint density at radius 2 is 1.25 bits per heavy atom. The van der Waals surface area contributed by atoms with E-state index in [1.54, 1.807) is 30.3 Å². The molecule has 3 aromatic carbocycles. The molecule has 1 amide bonds. The molecule has 5 heteroatoms. The summed E-state index contributed by atoms with van der Waals surface area (Å²) in [6.45, 7) is 2.85. The van der Waals surface area contributed by atoms with E-state index in [2.05, 4.69) is 4.90 Å². The maximum absolute atomic E-state index is 12.6. The summed E-state index contributed by atoms with van der Waals surface area (Å²) < 4.78 is 0. The van der Waals surface area contributed by atoms with Gasteiger partial charge in [-0.3, -0.25) is 14.4 Å². The molecule has 0 unspecified atom stereocenters. The molecule has 1 saturated heterocycles. The van der Waals surface area contributed by atoms with E-state index in [9.17, 15) is 14.4 Å². The van der Waals surface area contributed by atoms with Crippen LogP contribution in [0.4, 0.5) is 5.69 Å². The van der Waals surface area contributed by atoms with Crippen LogP contribution in [0.25, 0.3) is 6.08 Å². The van der Waals surface area contributed by atoms with Gasteiger partial charge in [-0.25, -0.2) is 0 Å². The third-order valence-electron chi connectivity index (χ3n) is 6.06. The van der Waals surface area contributed by atoms with E-state index < -0.39 is 0 Å². The number of carbonyl (C=O) groups excluding carboxylic acids is 3. The number of rotatable bonds is 3. The van der Waals surface area contributed by atoms with Crippen molar-refractivity contribution >= 4 is 29.2 Å². The molecule has 0 aromatic heterocycles. The van der Waals surface area contributed by atoms with Crippen LogP contribution in [0.2, 0.25) is 0 Å². The van der Waals surface area contributed by atoms with Crippen LogP contribution >= 0.6 is 0 Å². The standard InChI is InChI=1S/C27H22N2O3/c30-25-22-8-4-5-9-23(22)26(31)24(25)18-19-10-12-21(13-11-19)28-14-16-29(17-15-28)27(32)20-6-2-1-3-7-20/h1-13,18H,14-17H2. The quantitative estimate of drug-likeness (QED) is 0.471. The number of allylic oxidation sites excluding steroid dienone is 1. The highest BCUT2D eigenvalue weighted by molar-refractivity contribution is 6.41. The summed E-state index contributed by atoms with van der Waals surface area (Å²) in [7, 11) is 0. The minimum atomic E-state index is -0.214. The highest BCUT2D eigenvalue weighted by Crippen LogP contribution is 2.28. The molecule has 1 fully saturated rings. The SMILES string of the molecule is O=C1C(=Cc2ccc(N3CCN(C(=O)c4ccccc4)CC3)cc2)C(=O)c2ccccc21. The van der Waals surface area contributed by atoms with Crippen LogP contribution in [-0.2, 0) is 0 Å². The minimum absolute atomic E-state index is 0.0686. The second-order valence-corrected chi connectivity index (χ2v) is 8.00. The van der Waals surface area contributed by atoms with Crippen LogP contribution in [0.15, 0.2) is 84.4 Å². The van der Waals surface area contributed by atoms with Crippen molar-refractivity contribution in [3.05, 3.63) is 107 Å². The summed E-state index contributed by atoms with van der Waals surface area (Å²) in [6, 6.07) is 24.1. The van der Waals surface area contributed by atoms with Gasteiger partial charge < -0.3 is 9.80 Å². The van der Waals surface area contributed by atoms with Gasteiger partial charge in [-0.05, 0) is 35.9 Å². The molecule has 0 atom stereocenters. The third kappa shape index (κ3) is 3.62. The second-order valence-electron chi connectivity index (χ2n) is 8.00. The van der Waals surface area contributed by atoms with Crippen molar-refractivity contribution < 1.29 is 14.4 Å². The van der Waals surface area contributed by atoms with Gasteiger partial charge in [-0.2, -0.15) is 0 Å². The Bertz CT molecular complexity index is 1180. The first-order valence-corrected chi connectivity index (χ1v) is 10.7. The number of carbonyl (C=O) groups is 3. The average Bonchev–Trinajstić information content (AvgIpc) is 3.10. The molecule has 3 aromatic rings. The van der Waals surface area contributed by atoms with Gasteiger partial charge in [0.05, 0.1) is 5.57 Å². The Morgan fingerprint density at radius 1 is 0.688 bits per heavy atom. The second kappa shape index (κ2) is 8.27. The summed E-state index contributed by atoms with van der Waals surface area (Å²) >= 11 is 0. The number of piperazine rings is 1. The molecule has 1 heterocycles. The lowest BCUT2D eigenvalue weighted by molar-refractivity contribution is 0.0746. The number of anilines is 1. The van der Waals surface area contributed by atoms with Gasteiger partial charge in [0, 0.05) is 48.6 Å². The Hall–Kier alpha value is -3.99. The number of amides is 1. The van der Waals surface area contributed by atoms with Crippen LogP contribution < -0.4 is 4.90 Å². The topological polar surface area (TPSA) is 57.7 Å². The fourth-order valence-corrected chi connectivity index (χ4v) is 4.28. The van der Waals surface area contributed by atoms with Crippen LogP contribution in [-0.4, -0.2) is 48.6 Å². The van der Waals surface area contributed by atoms with E-state index in [4.69, 9.17) is 0 Å². The van der Waals surface area contributed by atoms with Gasteiger partial charge in [-0.15, -0.1) is 0 Å². The number of benzene rings is 3. The molecular formula is C27H22N2O3. The van der Waals surface area contributed by atoms with Crippen molar-refractivity contribution in [3.8, 4) is 0 Å². The first kappa shape index (κ1) is 19.9. The van der Waals surface area contributed by atoms with E-state index in [1.807, 2.05) is 59.5 Å². The fourth-order valence-electron chi connectivity index (χ4n) is 4.28. The lowest BCUT2D eigenvalue weighted by Gasteiger charge is -2.36. The molecule has 1 aliphatic carbocycles. The Balaban J connectivity index is 1.25. The summed E-state index contributed by atoms with van der Waals surface area (Å²) in [4.78, 5) is 41.9. The van der Waals surface area contributed by atoms with E-state index in [0.717, 1.165) is 29.9 Å². The third-order valence-corrected chi connectivity index (χ3v) is 6.06. The van der Waals surface area contributed by atoms with Gasteiger partial charge in [-0.1, -0.05) is 54.6 Å². The molecule has 5 nitrogen and oxygen atoms in total. The molecule has 0 radical (unpaired) electrons. The number of hydrogen-bond acceptors (Lipinski definition) is 4. The van der Waals surface area contributed by atoms with Crippen LogP contribution in [0.1, 0.15) is 36.6 Å². The zero-order chi connectivity index (χ0) is 22.1. The van der Waals surface area contributed by atoms with Gasteiger partial charge in [0.15, 0.2) is 11.6 Å². The molecular weight excluding hydrogens is 400 g/mol. The zero-order valence-corrected chi connectivity index (χ0v) is 17.5. The molecule has 2 aliphatic rings. The monoisotopic (exact) mass is 422 g/mol. The molecule has 5 rings (SSSR count). The van der Waals surface area contributed by atoms with Crippen LogP contribution in [0.5, 0.6) is 0 Å². The molecule has 32 heavy (non-hydrogen) atoms. The molecule has 0 bridgehead atoms. The van der Waals surface area contributed by atoms with E-state index in [1.165, 1.54) is 0 Å². The Kier molecular flexibility index (Phi) is 5.15. The van der Waals surface area contributed by atoms with Crippen molar-refractivity contribution in [2.24, 2.45) is 0 Å². The van der Waals surface area contributed by atoms with Crippen molar-refractivity contribution in [2.45, 2.75) is 0 Å². The van der Waals surface area contributed by atoms with Gasteiger partial charge in [0.2, 0.25) is 0 Å². The van der Waals surface area contributed by atoms with E-state index in [-0.39, 0.29) is 23.0 Å². The van der Waals surface area contributed by atoms with Crippen molar-refractivity contribution in [2.75, 3.05) is 31.1 Å². The van der Waals surface area contributed by atoms with Crippen LogP contribution in [0.3, 0.4) is 0 Å². The normalized spacial score (nSPS) is 15.7. The minimum Gasteiger partial charge on any atom is -0.368 e. The fraction of sp³-hybridized carbons (Fsp3) is 0.148. The number of ketones is 2. The van der Waals surface area contributed by atoms with Crippen molar-refractivity contribution in [1.29, 1.82) is 0 Å². The lowest BCUT2D eigenvalue weighted by atomic mass is 10.1. The highest BCUT2D eigenvalue weighted by Gasteiger charge is 2.32. The smallest absolute Gasteiger partial charge is 0.253 e. The molecule has 0 saturated carbocycles. The summed E-state index contributed by atoms with van der Waals surface area (Å²) in [5, 5.41) is 0. The molecule has 0 spiro atoms. The maximum atomic E-state index is 12.6. The Morgan fingerprint density at radius 3 is 1.84 bits per heavy atom. The molecule has 0 N–H and O–H groups in total. The number of nitrogens with zero attached hydrogens (tertiary/aromatic N) is 2. The lowest BCUT2D eigenvalue weighted by Crippen LogP contribution is -2.48. The predicted octanol–water partition coefficient (Wildman–Crippen LogP) is 4.11. The Labute approximate surface area is 186 Å². The van der Waals surface area contributed by atoms with Crippen molar-refractivity contribution in [1.82, 2.24) is 4.90 Å². The number of fused-ring (bicyclic) bond motifs is 1. The van der Waals surface area contributed by atoms with E-state index >= 15 is 0 Å². The summed E-state index contributed by atoms with van der Waals surface area (Å²) in [6.07, 6.45) is 1.67. The van der Waals surface area contributed by atoms with E-state index in [0.29, 0.717) is 24.2 Å². The highest BCUT2D eigenvalue weighted by atomic mass is 16.2. The zero-order valence-electron chi connectivity index (χ0n) is 17.5. The molecule has 1 aliphatic heterocycles. The predicted molar refractivity (Wildman–Crippen MR) is 124 cm³/mol. The van der Waals surface area contributed by atoms with Crippen molar-refractivity contribution in [3.63, 3.8) is 0 Å². The maximum Gasteiger partial charge on any atom is 0.253 e. The molecule has 158 valence electrons. The van der Waals surface area contributed by atoms with Gasteiger partial charge in [0.25, 0.3) is 5.91 Å². The van der Waals surface area contributed by atoms with Gasteiger partial charge >= 0.3 is 0 Å². The summed E-state index contributed by atoms with van der Waals surface area (Å²) in [5.41, 5.74) is 3.76. The first-order valence-electron chi connectivity index (χ1n) is 10.7. The number of hydrogen-bond donors (Lipinski definition) is 0. The first-order chi connectivity index (χ1) is 15.6. The average molecular weight is 422 g/mol. The van der Waals surface area contributed by atoms with Gasteiger partial charge in [0.1, 0.15) is 0 Å².